The van der Waals surface area contributed by atoms with Crippen molar-refractivity contribution < 1.29 is 24.9 Å². The molecule has 0 bridgehead atoms. The molecular weight excluding hydrogens is 252 g/mol. The third-order valence-electron chi connectivity index (χ3n) is 2.97. The summed E-state index contributed by atoms with van der Waals surface area (Å²) in [5.74, 6) is -3.42. The number of aliphatic hydroxyl groups is 1. The van der Waals surface area contributed by atoms with Crippen LogP contribution in [0.2, 0.25) is 0 Å². The van der Waals surface area contributed by atoms with E-state index in [4.69, 9.17) is 10.2 Å². The Hall–Kier alpha value is -2.28. The summed E-state index contributed by atoms with van der Waals surface area (Å²) in [6.45, 7) is 0. The van der Waals surface area contributed by atoms with Crippen LogP contribution in [0.3, 0.4) is 0 Å². The van der Waals surface area contributed by atoms with Gasteiger partial charge in [0.2, 0.25) is 0 Å². The smallest absolute Gasteiger partial charge is 0.333 e. The van der Waals surface area contributed by atoms with Crippen molar-refractivity contribution in [2.45, 2.75) is 18.6 Å². The number of rotatable bonds is 4. The molecule has 100 valence electrons. The lowest BCUT2D eigenvalue weighted by Crippen LogP contribution is -2.34. The van der Waals surface area contributed by atoms with Crippen molar-refractivity contribution in [3.8, 4) is 0 Å². The van der Waals surface area contributed by atoms with E-state index in [9.17, 15) is 14.7 Å². The van der Waals surface area contributed by atoms with Gasteiger partial charge in [-0.25, -0.2) is 9.59 Å². The van der Waals surface area contributed by atoms with Gasteiger partial charge in [0.1, 0.15) is 6.04 Å². The largest absolute Gasteiger partial charge is 0.480 e. The first kappa shape index (κ1) is 13.2. The van der Waals surface area contributed by atoms with Crippen LogP contribution in [0.5, 0.6) is 0 Å². The molecule has 7 heteroatoms. The molecule has 1 aromatic heterocycles. The van der Waals surface area contributed by atoms with E-state index in [-0.39, 0.29) is 12.1 Å². The Morgan fingerprint density at radius 2 is 2.05 bits per heavy atom. The molecule has 19 heavy (non-hydrogen) atoms. The van der Waals surface area contributed by atoms with E-state index in [0.29, 0.717) is 5.69 Å². The number of aliphatic imine (C=N–C) groups is 1. The summed E-state index contributed by atoms with van der Waals surface area (Å²) in [6, 6.07) is 3.92. The second-order valence-corrected chi connectivity index (χ2v) is 4.21. The number of aliphatic carboxylic acids is 2. The van der Waals surface area contributed by atoms with Crippen LogP contribution in [0, 0.1) is 5.92 Å². The SMILES string of the molecule is O=C(O)C1CC(C(O)C(=O)O)C(c2ccccn2)=N1. The van der Waals surface area contributed by atoms with Crippen LogP contribution in [0.25, 0.3) is 0 Å². The third-order valence-corrected chi connectivity index (χ3v) is 2.97. The molecule has 0 aromatic carbocycles. The average Bonchev–Trinajstić information content (AvgIpc) is 2.83. The van der Waals surface area contributed by atoms with E-state index in [1.54, 1.807) is 18.2 Å². The van der Waals surface area contributed by atoms with Crippen molar-refractivity contribution in [2.75, 3.05) is 0 Å². The first-order valence-corrected chi connectivity index (χ1v) is 5.63. The van der Waals surface area contributed by atoms with E-state index in [1.807, 2.05) is 0 Å². The molecule has 3 atom stereocenters. The Labute approximate surface area is 108 Å². The monoisotopic (exact) mass is 264 g/mol. The highest BCUT2D eigenvalue weighted by Gasteiger charge is 2.40. The summed E-state index contributed by atoms with van der Waals surface area (Å²) in [6.07, 6.45) is -0.240. The molecule has 0 aliphatic carbocycles. The molecule has 3 unspecified atom stereocenters. The first-order valence-electron chi connectivity index (χ1n) is 5.63. The first-order chi connectivity index (χ1) is 9.00. The standard InChI is InChI=1S/C12H12N2O5/c15-10(12(18)19)6-5-8(11(16)17)14-9(6)7-3-1-2-4-13-7/h1-4,6,8,10,15H,5H2,(H,16,17)(H,18,19). The van der Waals surface area contributed by atoms with E-state index in [0.717, 1.165) is 0 Å². The normalized spacial score (nSPS) is 23.7. The number of hydrogen-bond acceptors (Lipinski definition) is 5. The van der Waals surface area contributed by atoms with Crippen LogP contribution in [0.15, 0.2) is 29.4 Å². The number of carboxylic acid groups (broad SMARTS) is 2. The van der Waals surface area contributed by atoms with Gasteiger partial charge in [-0.3, -0.25) is 9.98 Å². The van der Waals surface area contributed by atoms with Gasteiger partial charge in [0, 0.05) is 12.1 Å². The summed E-state index contributed by atoms with van der Waals surface area (Å²) in [5, 5.41) is 27.5. The van der Waals surface area contributed by atoms with Gasteiger partial charge in [-0.1, -0.05) is 6.07 Å². The fourth-order valence-electron chi connectivity index (χ4n) is 2.05. The Balaban J connectivity index is 2.37. The molecule has 1 aliphatic rings. The second kappa shape index (κ2) is 5.15. The zero-order valence-electron chi connectivity index (χ0n) is 9.80. The quantitative estimate of drug-likeness (QED) is 0.692. The van der Waals surface area contributed by atoms with Gasteiger partial charge < -0.3 is 15.3 Å². The van der Waals surface area contributed by atoms with Crippen molar-refractivity contribution in [2.24, 2.45) is 10.9 Å². The number of nitrogens with zero attached hydrogens (tertiary/aromatic N) is 2. The number of hydrogen-bond donors (Lipinski definition) is 3. The van der Waals surface area contributed by atoms with Crippen molar-refractivity contribution in [3.63, 3.8) is 0 Å². The highest BCUT2D eigenvalue weighted by molar-refractivity contribution is 6.05. The maximum atomic E-state index is 11.0. The molecule has 2 heterocycles. The third kappa shape index (κ3) is 2.60. The molecule has 0 spiro atoms. The fraction of sp³-hybridized carbons (Fsp3) is 0.333. The van der Waals surface area contributed by atoms with Crippen molar-refractivity contribution in [1.82, 2.24) is 4.98 Å². The summed E-state index contributed by atoms with van der Waals surface area (Å²) >= 11 is 0. The molecular formula is C12H12N2O5. The van der Waals surface area contributed by atoms with Crippen LogP contribution >= 0.6 is 0 Å². The number of pyridine rings is 1. The molecule has 0 saturated carbocycles. The van der Waals surface area contributed by atoms with E-state index in [1.165, 1.54) is 6.20 Å². The van der Waals surface area contributed by atoms with Crippen molar-refractivity contribution in [3.05, 3.63) is 30.1 Å². The summed E-state index contributed by atoms with van der Waals surface area (Å²) < 4.78 is 0. The molecule has 3 N–H and O–H groups in total. The number of aliphatic hydroxyl groups excluding tert-OH is 1. The molecule has 0 radical (unpaired) electrons. The topological polar surface area (TPSA) is 120 Å². The predicted molar refractivity (Wildman–Crippen MR) is 63.9 cm³/mol. The summed E-state index contributed by atoms with van der Waals surface area (Å²) in [4.78, 5) is 29.8. The van der Waals surface area contributed by atoms with Gasteiger partial charge in [0.15, 0.2) is 6.10 Å². The summed E-state index contributed by atoms with van der Waals surface area (Å²) in [7, 11) is 0. The van der Waals surface area contributed by atoms with E-state index < -0.39 is 30.0 Å². The Morgan fingerprint density at radius 3 is 2.58 bits per heavy atom. The van der Waals surface area contributed by atoms with Crippen molar-refractivity contribution in [1.29, 1.82) is 0 Å². The number of aromatic nitrogens is 1. The molecule has 1 aromatic rings. The lowest BCUT2D eigenvalue weighted by molar-refractivity contribution is -0.149. The maximum absolute atomic E-state index is 11.0. The van der Waals surface area contributed by atoms with Gasteiger partial charge in [-0.15, -0.1) is 0 Å². The molecule has 7 nitrogen and oxygen atoms in total. The highest BCUT2D eigenvalue weighted by atomic mass is 16.4. The average molecular weight is 264 g/mol. The van der Waals surface area contributed by atoms with E-state index in [2.05, 4.69) is 9.98 Å². The van der Waals surface area contributed by atoms with Gasteiger partial charge in [-0.05, 0) is 18.6 Å². The molecule has 0 fully saturated rings. The van der Waals surface area contributed by atoms with Crippen LogP contribution in [-0.2, 0) is 9.59 Å². The molecule has 0 amide bonds. The van der Waals surface area contributed by atoms with E-state index >= 15 is 0 Å². The fourth-order valence-corrected chi connectivity index (χ4v) is 2.05. The molecule has 2 rings (SSSR count). The maximum Gasteiger partial charge on any atom is 0.333 e. The van der Waals surface area contributed by atoms with Crippen LogP contribution in [-0.4, -0.2) is 50.1 Å². The summed E-state index contributed by atoms with van der Waals surface area (Å²) in [5.41, 5.74) is 0.611. The lowest BCUT2D eigenvalue weighted by atomic mass is 9.91. The van der Waals surface area contributed by atoms with Gasteiger partial charge >= 0.3 is 11.9 Å². The zero-order valence-corrected chi connectivity index (χ0v) is 9.80. The minimum Gasteiger partial charge on any atom is -0.480 e. The number of carbonyl (C=O) groups is 2. The van der Waals surface area contributed by atoms with Crippen molar-refractivity contribution >= 4 is 17.7 Å². The predicted octanol–water partition coefficient (Wildman–Crippen LogP) is -0.211. The zero-order chi connectivity index (χ0) is 14.0. The highest BCUT2D eigenvalue weighted by Crippen LogP contribution is 2.27. The Bertz CT molecular complexity index is 528. The molecule has 0 saturated heterocycles. The second-order valence-electron chi connectivity index (χ2n) is 4.21. The van der Waals surface area contributed by atoms with Crippen LogP contribution < -0.4 is 0 Å². The van der Waals surface area contributed by atoms with Gasteiger partial charge in [-0.2, -0.15) is 0 Å². The van der Waals surface area contributed by atoms with Gasteiger partial charge in [0.25, 0.3) is 0 Å². The Morgan fingerprint density at radius 1 is 1.32 bits per heavy atom. The number of carboxylic acids is 2. The Kier molecular flexibility index (Phi) is 3.57. The van der Waals surface area contributed by atoms with Crippen LogP contribution in [0.4, 0.5) is 0 Å². The molecule has 1 aliphatic heterocycles. The van der Waals surface area contributed by atoms with Crippen LogP contribution in [0.1, 0.15) is 12.1 Å². The van der Waals surface area contributed by atoms with Gasteiger partial charge in [0.05, 0.1) is 11.4 Å². The lowest BCUT2D eigenvalue weighted by Gasteiger charge is -2.15. The minimum absolute atomic E-state index is 0.0469. The minimum atomic E-state index is -1.69.